The Kier molecular flexibility index (Phi) is 11.0. The molecule has 1 aliphatic carbocycles. The zero-order chi connectivity index (χ0) is 34.4. The van der Waals surface area contributed by atoms with Crippen LogP contribution in [0.15, 0.2) is 83.5 Å². The van der Waals surface area contributed by atoms with E-state index in [9.17, 15) is 23.1 Å². The minimum Gasteiger partial charge on any atom is -0.497 e. The minimum atomic E-state index is -3.93. The fourth-order valence-electron chi connectivity index (χ4n) is 6.81. The van der Waals surface area contributed by atoms with E-state index in [1.807, 2.05) is 29.2 Å². The van der Waals surface area contributed by atoms with E-state index in [-0.39, 0.29) is 54.7 Å². The Labute approximate surface area is 287 Å². The van der Waals surface area contributed by atoms with Crippen LogP contribution >= 0.6 is 0 Å². The highest BCUT2D eigenvalue weighted by atomic mass is 32.2. The summed E-state index contributed by atoms with van der Waals surface area (Å²) in [5.74, 6) is 0.264. The van der Waals surface area contributed by atoms with Gasteiger partial charge >= 0.3 is 0 Å². The number of hydrogen-bond acceptors (Lipinski definition) is 8. The van der Waals surface area contributed by atoms with E-state index < -0.39 is 16.3 Å². The Morgan fingerprint density at radius 3 is 2.61 bits per heavy atom. The number of nitrogens with zero attached hydrogens (tertiary/aromatic N) is 2. The number of hydrogen-bond donors (Lipinski definition) is 2. The Balaban J connectivity index is 1.16. The monoisotopic (exact) mass is 689 g/mol. The highest BCUT2D eigenvalue weighted by molar-refractivity contribution is 7.89. The van der Waals surface area contributed by atoms with Crippen LogP contribution in [0.25, 0.3) is 11.1 Å². The van der Waals surface area contributed by atoms with Crippen molar-refractivity contribution in [3.63, 3.8) is 0 Å². The van der Waals surface area contributed by atoms with Crippen molar-refractivity contribution >= 4 is 21.8 Å². The number of fused-ring (bicyclic) bond motifs is 3. The number of carbonyl (C=O) groups is 2. The standard InChI is InChI=1S/C37H43N3O8S/c1-46-28-12-14-29(15-13-28)49(44,45)40(19-21-41)20-22-47-36-25-27(31-9-4-10-32-30-8-3-2-7-26(30)23-33(31)32)24-34(48-36)37(43)38-16-6-18-39-17-5-11-35(39)42/h2-4,7-10,12-15,24,27,36,41H,5-6,11,16-23,25H2,1H3,(H,38,43)/t27-,36+/m0/s1. The number of nitrogens with one attached hydrogen (secondary N) is 1. The molecule has 0 saturated carbocycles. The number of rotatable bonds is 15. The number of methoxy groups -OCH3 is 1. The zero-order valence-electron chi connectivity index (χ0n) is 27.7. The molecular weight excluding hydrogens is 646 g/mol. The SMILES string of the molecule is COc1ccc(S(=O)(=O)N(CCO)CCO[C@H]2C[C@@H](c3cccc4c3Cc3ccccc3-4)C=C(C(=O)NCCCN3CCCC3=O)O2)cc1. The smallest absolute Gasteiger partial charge is 0.286 e. The van der Waals surface area contributed by atoms with Gasteiger partial charge in [-0.2, -0.15) is 4.31 Å². The number of amides is 2. The zero-order valence-corrected chi connectivity index (χ0v) is 28.5. The topological polar surface area (TPSA) is 135 Å². The average Bonchev–Trinajstić information content (AvgIpc) is 3.72. The lowest BCUT2D eigenvalue weighted by molar-refractivity contribution is -0.146. The normalized spacial score (nSPS) is 18.6. The maximum atomic E-state index is 13.4. The van der Waals surface area contributed by atoms with Gasteiger partial charge in [-0.3, -0.25) is 9.59 Å². The summed E-state index contributed by atoms with van der Waals surface area (Å²) in [6, 6.07) is 20.6. The molecule has 2 heterocycles. The van der Waals surface area contributed by atoms with E-state index in [2.05, 4.69) is 29.6 Å². The van der Waals surface area contributed by atoms with E-state index in [0.717, 1.165) is 24.9 Å². The molecule has 2 amide bonds. The Morgan fingerprint density at radius 1 is 1.06 bits per heavy atom. The van der Waals surface area contributed by atoms with Crippen molar-refractivity contribution in [3.05, 3.63) is 95.3 Å². The van der Waals surface area contributed by atoms with Gasteiger partial charge in [-0.05, 0) is 77.4 Å². The van der Waals surface area contributed by atoms with Crippen LogP contribution in [0.2, 0.25) is 0 Å². The van der Waals surface area contributed by atoms with Crippen LogP contribution < -0.4 is 10.1 Å². The first-order valence-electron chi connectivity index (χ1n) is 16.8. The van der Waals surface area contributed by atoms with Gasteiger partial charge in [-0.1, -0.05) is 42.5 Å². The Hall–Kier alpha value is -4.23. The molecule has 2 aliphatic heterocycles. The second-order valence-corrected chi connectivity index (χ2v) is 14.3. The molecule has 0 bridgehead atoms. The first-order valence-corrected chi connectivity index (χ1v) is 18.2. The number of likely N-dealkylation sites (tertiary alicyclic amines) is 1. The van der Waals surface area contributed by atoms with Crippen LogP contribution in [-0.2, 0) is 35.5 Å². The molecule has 0 spiro atoms. The largest absolute Gasteiger partial charge is 0.497 e. The summed E-state index contributed by atoms with van der Waals surface area (Å²) in [4.78, 5) is 27.3. The Bertz CT molecular complexity index is 1790. The van der Waals surface area contributed by atoms with Gasteiger partial charge in [-0.15, -0.1) is 0 Å². The second kappa shape index (κ2) is 15.5. The van der Waals surface area contributed by atoms with Crippen molar-refractivity contribution in [2.45, 2.75) is 49.2 Å². The van der Waals surface area contributed by atoms with Crippen molar-refractivity contribution in [2.75, 3.05) is 53.0 Å². The molecular formula is C37H43N3O8S. The predicted octanol–water partition coefficient (Wildman–Crippen LogP) is 3.81. The summed E-state index contributed by atoms with van der Waals surface area (Å²) in [6.07, 6.45) is 4.31. The van der Waals surface area contributed by atoms with E-state index in [1.54, 1.807) is 12.1 Å². The van der Waals surface area contributed by atoms with Gasteiger partial charge in [-0.25, -0.2) is 8.42 Å². The molecule has 3 aromatic rings. The molecule has 1 fully saturated rings. The highest BCUT2D eigenvalue weighted by Gasteiger charge is 2.33. The average molecular weight is 690 g/mol. The van der Waals surface area contributed by atoms with Crippen LogP contribution in [0.1, 0.15) is 48.3 Å². The lowest BCUT2D eigenvalue weighted by Gasteiger charge is -2.31. The number of allylic oxidation sites excluding steroid dienone is 1. The van der Waals surface area contributed by atoms with Crippen molar-refractivity contribution < 1.29 is 37.3 Å². The van der Waals surface area contributed by atoms with Crippen molar-refractivity contribution in [2.24, 2.45) is 0 Å². The number of aliphatic hydroxyl groups is 1. The molecule has 0 unspecified atom stereocenters. The molecule has 260 valence electrons. The van der Waals surface area contributed by atoms with Crippen LogP contribution in [0.3, 0.4) is 0 Å². The molecule has 0 radical (unpaired) electrons. The van der Waals surface area contributed by atoms with Gasteiger partial charge in [0, 0.05) is 51.5 Å². The lowest BCUT2D eigenvalue weighted by Crippen LogP contribution is -2.38. The number of ether oxygens (including phenoxy) is 3. The van der Waals surface area contributed by atoms with E-state index in [4.69, 9.17) is 14.2 Å². The molecule has 0 aromatic heterocycles. The van der Waals surface area contributed by atoms with Gasteiger partial charge < -0.3 is 29.5 Å². The van der Waals surface area contributed by atoms with E-state index in [1.165, 1.54) is 45.8 Å². The minimum absolute atomic E-state index is 0.0239. The summed E-state index contributed by atoms with van der Waals surface area (Å²) < 4.78 is 45.4. The first-order chi connectivity index (χ1) is 23.8. The summed E-state index contributed by atoms with van der Waals surface area (Å²) in [7, 11) is -2.42. The van der Waals surface area contributed by atoms with Crippen molar-refractivity contribution in [1.82, 2.24) is 14.5 Å². The highest BCUT2D eigenvalue weighted by Crippen LogP contribution is 2.43. The third-order valence-corrected chi connectivity index (χ3v) is 11.2. The van der Waals surface area contributed by atoms with Gasteiger partial charge in [0.05, 0.1) is 25.2 Å². The molecule has 12 heteroatoms. The maximum Gasteiger partial charge on any atom is 0.286 e. The molecule has 3 aliphatic rings. The summed E-state index contributed by atoms with van der Waals surface area (Å²) >= 11 is 0. The summed E-state index contributed by atoms with van der Waals surface area (Å²) in [5.41, 5.74) is 5.94. The first kappa shape index (κ1) is 34.6. The van der Waals surface area contributed by atoms with Crippen LogP contribution in [0.4, 0.5) is 0 Å². The van der Waals surface area contributed by atoms with Crippen LogP contribution in [0, 0.1) is 0 Å². The number of sulfonamides is 1. The quantitative estimate of drug-likeness (QED) is 0.180. The molecule has 11 nitrogen and oxygen atoms in total. The molecule has 3 aromatic carbocycles. The van der Waals surface area contributed by atoms with Crippen molar-refractivity contribution in [1.29, 1.82) is 0 Å². The Morgan fingerprint density at radius 2 is 1.86 bits per heavy atom. The second-order valence-electron chi connectivity index (χ2n) is 12.4. The van der Waals surface area contributed by atoms with Gasteiger partial charge in [0.15, 0.2) is 5.76 Å². The van der Waals surface area contributed by atoms with Gasteiger partial charge in [0.2, 0.25) is 22.2 Å². The van der Waals surface area contributed by atoms with Gasteiger partial charge in [0.25, 0.3) is 5.91 Å². The molecule has 2 atom stereocenters. The fraction of sp³-hybridized carbons (Fsp3) is 0.405. The predicted molar refractivity (Wildman–Crippen MR) is 183 cm³/mol. The van der Waals surface area contributed by atoms with E-state index in [0.29, 0.717) is 38.1 Å². The van der Waals surface area contributed by atoms with E-state index >= 15 is 0 Å². The van der Waals surface area contributed by atoms with Crippen LogP contribution in [0.5, 0.6) is 5.75 Å². The third-order valence-electron chi connectivity index (χ3n) is 9.32. The van der Waals surface area contributed by atoms with Crippen LogP contribution in [-0.4, -0.2) is 93.9 Å². The summed E-state index contributed by atoms with van der Waals surface area (Å²) in [5, 5.41) is 12.6. The maximum absolute atomic E-state index is 13.4. The molecule has 1 saturated heterocycles. The van der Waals surface area contributed by atoms with Gasteiger partial charge in [0.1, 0.15) is 5.75 Å². The number of benzene rings is 3. The number of aliphatic hydroxyl groups excluding tert-OH is 1. The number of carbonyl (C=O) groups excluding carboxylic acids is 2. The molecule has 6 rings (SSSR count). The summed E-state index contributed by atoms with van der Waals surface area (Å²) in [6.45, 7) is 1.20. The third kappa shape index (κ3) is 7.83. The fourth-order valence-corrected chi connectivity index (χ4v) is 8.23. The lowest BCUT2D eigenvalue weighted by atomic mass is 9.87. The molecule has 2 N–H and O–H groups in total. The molecule has 49 heavy (non-hydrogen) atoms. The van der Waals surface area contributed by atoms with Crippen molar-refractivity contribution in [3.8, 4) is 16.9 Å².